The normalized spacial score (nSPS) is 32.7. The second kappa shape index (κ2) is 7.54. The third-order valence-electron chi connectivity index (χ3n) is 5.47. The van der Waals surface area contributed by atoms with Crippen molar-refractivity contribution in [3.05, 3.63) is 35.9 Å². The lowest BCUT2D eigenvalue weighted by atomic mass is 10.0. The zero-order valence-corrected chi connectivity index (χ0v) is 15.2. The van der Waals surface area contributed by atoms with Gasteiger partial charge in [0.2, 0.25) is 0 Å². The van der Waals surface area contributed by atoms with Crippen LogP contribution < -0.4 is 0 Å². The number of hydrogen-bond donors (Lipinski definition) is 0. The van der Waals surface area contributed by atoms with E-state index in [4.69, 9.17) is 18.9 Å². The molecular formula is C20H28N2O4. The molecule has 0 aliphatic carbocycles. The maximum absolute atomic E-state index is 5.55. The Balaban J connectivity index is 1.33. The number of hydrogen-bond acceptors (Lipinski definition) is 6. The van der Waals surface area contributed by atoms with Crippen molar-refractivity contribution in [3.8, 4) is 0 Å². The third-order valence-corrected chi connectivity index (χ3v) is 5.47. The Morgan fingerprint density at radius 3 is 1.65 bits per heavy atom. The number of epoxide rings is 4. The van der Waals surface area contributed by atoms with E-state index in [-0.39, 0.29) is 0 Å². The van der Waals surface area contributed by atoms with Crippen molar-refractivity contribution >= 4 is 0 Å². The Labute approximate surface area is 154 Å². The summed E-state index contributed by atoms with van der Waals surface area (Å²) in [6.07, 6.45) is 1.56. The molecule has 142 valence electrons. The van der Waals surface area contributed by atoms with Crippen LogP contribution in [0.15, 0.2) is 30.3 Å². The van der Waals surface area contributed by atoms with Crippen molar-refractivity contribution in [2.75, 3.05) is 59.2 Å². The molecule has 4 saturated heterocycles. The van der Waals surface area contributed by atoms with Gasteiger partial charge in [-0.05, 0) is 5.56 Å². The first kappa shape index (κ1) is 17.1. The molecule has 0 radical (unpaired) electrons. The summed E-state index contributed by atoms with van der Waals surface area (Å²) < 4.78 is 22.1. The molecule has 6 heteroatoms. The summed E-state index contributed by atoms with van der Waals surface area (Å²) in [4.78, 5) is 5.10. The van der Waals surface area contributed by atoms with E-state index >= 15 is 0 Å². The van der Waals surface area contributed by atoms with Gasteiger partial charge in [0.1, 0.15) is 0 Å². The predicted octanol–water partition coefficient (Wildman–Crippen LogP) is 0.927. The van der Waals surface area contributed by atoms with Crippen LogP contribution in [0, 0.1) is 0 Å². The summed E-state index contributed by atoms with van der Waals surface area (Å²) in [5.41, 5.74) is 1.37. The molecular weight excluding hydrogens is 332 g/mol. The maximum Gasteiger partial charge on any atom is 0.0936 e. The molecule has 4 fully saturated rings. The van der Waals surface area contributed by atoms with Crippen LogP contribution >= 0.6 is 0 Å². The topological polar surface area (TPSA) is 56.6 Å². The summed E-state index contributed by atoms with van der Waals surface area (Å²) in [6, 6.07) is 11.2. The van der Waals surface area contributed by atoms with Gasteiger partial charge in [-0.25, -0.2) is 0 Å². The molecule has 0 amide bonds. The van der Waals surface area contributed by atoms with Gasteiger partial charge in [-0.1, -0.05) is 30.3 Å². The zero-order valence-electron chi connectivity index (χ0n) is 15.2. The fourth-order valence-corrected chi connectivity index (χ4v) is 3.70. The van der Waals surface area contributed by atoms with Crippen LogP contribution in [0.4, 0.5) is 0 Å². The second-order valence-corrected chi connectivity index (χ2v) is 7.92. The molecule has 0 aromatic heterocycles. The van der Waals surface area contributed by atoms with E-state index in [1.807, 2.05) is 0 Å². The van der Waals surface area contributed by atoms with Gasteiger partial charge in [0.15, 0.2) is 0 Å². The van der Waals surface area contributed by atoms with E-state index in [1.165, 1.54) is 5.56 Å². The molecule has 5 unspecified atom stereocenters. The summed E-state index contributed by atoms with van der Waals surface area (Å²) in [7, 11) is 0. The van der Waals surface area contributed by atoms with Gasteiger partial charge < -0.3 is 18.9 Å². The van der Waals surface area contributed by atoms with Crippen molar-refractivity contribution in [2.45, 2.75) is 30.5 Å². The molecule has 5 atom stereocenters. The van der Waals surface area contributed by atoms with E-state index in [2.05, 4.69) is 40.1 Å². The van der Waals surface area contributed by atoms with Gasteiger partial charge in [-0.15, -0.1) is 0 Å². The highest BCUT2D eigenvalue weighted by Gasteiger charge is 2.37. The lowest BCUT2D eigenvalue weighted by Gasteiger charge is -2.35. The van der Waals surface area contributed by atoms with Gasteiger partial charge >= 0.3 is 0 Å². The lowest BCUT2D eigenvalue weighted by Crippen LogP contribution is -2.43. The molecule has 4 aliphatic heterocycles. The van der Waals surface area contributed by atoms with Gasteiger partial charge in [0.05, 0.1) is 50.8 Å². The van der Waals surface area contributed by atoms with E-state index in [9.17, 15) is 0 Å². The highest BCUT2D eigenvalue weighted by Crippen LogP contribution is 2.28. The molecule has 0 saturated carbocycles. The van der Waals surface area contributed by atoms with Crippen LogP contribution in [0.3, 0.4) is 0 Å². The van der Waals surface area contributed by atoms with Crippen molar-refractivity contribution in [3.63, 3.8) is 0 Å². The fourth-order valence-electron chi connectivity index (χ4n) is 3.70. The highest BCUT2D eigenvalue weighted by atomic mass is 16.6. The van der Waals surface area contributed by atoms with Crippen molar-refractivity contribution in [2.24, 2.45) is 0 Å². The highest BCUT2D eigenvalue weighted by molar-refractivity contribution is 5.20. The fraction of sp³-hybridized carbons (Fsp3) is 0.700. The summed E-state index contributed by atoms with van der Waals surface area (Å²) >= 11 is 0. The van der Waals surface area contributed by atoms with Gasteiger partial charge in [0, 0.05) is 38.8 Å². The minimum absolute atomic E-state index is 0.335. The van der Waals surface area contributed by atoms with Crippen molar-refractivity contribution in [1.82, 2.24) is 9.80 Å². The summed E-state index contributed by atoms with van der Waals surface area (Å²) in [6.45, 7) is 8.51. The van der Waals surface area contributed by atoms with Gasteiger partial charge in [-0.3, -0.25) is 9.80 Å². The molecule has 0 spiro atoms. The molecule has 6 nitrogen and oxygen atoms in total. The van der Waals surface area contributed by atoms with Crippen LogP contribution in [-0.4, -0.2) is 93.4 Å². The van der Waals surface area contributed by atoms with E-state index in [0.29, 0.717) is 30.5 Å². The Morgan fingerprint density at radius 1 is 0.731 bits per heavy atom. The Kier molecular flexibility index (Phi) is 4.96. The first-order valence-electron chi connectivity index (χ1n) is 9.81. The Morgan fingerprint density at radius 2 is 1.19 bits per heavy atom. The average Bonchev–Trinajstić information content (AvgIpc) is 3.46. The minimum Gasteiger partial charge on any atom is -0.372 e. The quantitative estimate of drug-likeness (QED) is 0.517. The van der Waals surface area contributed by atoms with Crippen LogP contribution in [0.5, 0.6) is 0 Å². The van der Waals surface area contributed by atoms with Gasteiger partial charge in [-0.2, -0.15) is 0 Å². The standard InChI is InChI=1S/C20H28N2O4/c1-2-4-15(5-3-1)20(22(8-18-13-25-18)9-19-14-26-19)10-21(6-16-11-23-16)7-17-12-24-17/h1-5,16-20H,6-14H2. The molecule has 1 aromatic carbocycles. The van der Waals surface area contributed by atoms with Crippen LogP contribution in [0.25, 0.3) is 0 Å². The first-order chi connectivity index (χ1) is 12.8. The average molecular weight is 360 g/mol. The van der Waals surface area contributed by atoms with Crippen molar-refractivity contribution < 1.29 is 18.9 Å². The second-order valence-electron chi connectivity index (χ2n) is 7.92. The lowest BCUT2D eigenvalue weighted by molar-refractivity contribution is 0.111. The van der Waals surface area contributed by atoms with Crippen LogP contribution in [0.2, 0.25) is 0 Å². The number of nitrogens with zero attached hydrogens (tertiary/aromatic N) is 2. The predicted molar refractivity (Wildman–Crippen MR) is 96.2 cm³/mol. The van der Waals surface area contributed by atoms with Crippen molar-refractivity contribution in [1.29, 1.82) is 0 Å². The SMILES string of the molecule is c1ccc(C(CN(CC2CO2)CC2CO2)N(CC2CO2)CC2CO2)cc1. The molecule has 1 aromatic rings. The van der Waals surface area contributed by atoms with Gasteiger partial charge in [0.25, 0.3) is 0 Å². The van der Waals surface area contributed by atoms with E-state index in [1.54, 1.807) is 0 Å². The minimum atomic E-state index is 0.335. The first-order valence-corrected chi connectivity index (χ1v) is 9.81. The third kappa shape index (κ3) is 5.03. The largest absolute Gasteiger partial charge is 0.372 e. The van der Waals surface area contributed by atoms with E-state index in [0.717, 1.165) is 59.2 Å². The summed E-state index contributed by atoms with van der Waals surface area (Å²) in [5.74, 6) is 0. The smallest absolute Gasteiger partial charge is 0.0936 e. The summed E-state index contributed by atoms with van der Waals surface area (Å²) in [5, 5.41) is 0. The molecule has 0 bridgehead atoms. The maximum atomic E-state index is 5.55. The molecule has 5 rings (SSSR count). The number of benzene rings is 1. The monoisotopic (exact) mass is 360 g/mol. The molecule has 0 N–H and O–H groups in total. The molecule has 4 heterocycles. The van der Waals surface area contributed by atoms with Crippen LogP contribution in [-0.2, 0) is 18.9 Å². The van der Waals surface area contributed by atoms with Crippen LogP contribution in [0.1, 0.15) is 11.6 Å². The van der Waals surface area contributed by atoms with E-state index < -0.39 is 0 Å². The Hall–Kier alpha value is -1.02. The molecule has 26 heavy (non-hydrogen) atoms. The number of rotatable bonds is 12. The zero-order chi connectivity index (χ0) is 17.3. The molecule has 4 aliphatic rings. The number of ether oxygens (including phenoxy) is 4. The Bertz CT molecular complexity index is 557.